The van der Waals surface area contributed by atoms with Gasteiger partial charge in [-0.1, -0.05) is 23.3 Å². The normalized spacial score (nSPS) is 12.0. The highest BCUT2D eigenvalue weighted by atomic mass is 32.2. The molecule has 0 saturated heterocycles. The van der Waals surface area contributed by atoms with Gasteiger partial charge < -0.3 is 4.42 Å². The molecular formula is C17H12F3N3O4S. The van der Waals surface area contributed by atoms with E-state index in [0.717, 1.165) is 18.4 Å². The van der Waals surface area contributed by atoms with Gasteiger partial charge in [0, 0.05) is 11.8 Å². The van der Waals surface area contributed by atoms with Crippen molar-refractivity contribution in [1.29, 1.82) is 0 Å². The standard InChI is InChI=1S/C17H12F3N3O4S/c1-28(25,26)13-8-3-2-7-12(13)15-22-23-16(27-15)21-14(24)10-5-4-6-11(9-10)17(18,19)20/h2-9H,1H3,(H,21,23,24). The lowest BCUT2D eigenvalue weighted by Gasteiger charge is -2.08. The molecule has 0 spiro atoms. The van der Waals surface area contributed by atoms with Crippen molar-refractivity contribution in [1.82, 2.24) is 10.2 Å². The number of alkyl halides is 3. The van der Waals surface area contributed by atoms with Gasteiger partial charge in [0.1, 0.15) is 0 Å². The summed E-state index contributed by atoms with van der Waals surface area (Å²) in [7, 11) is -3.58. The zero-order valence-corrected chi connectivity index (χ0v) is 15.0. The number of aromatic nitrogens is 2. The zero-order valence-electron chi connectivity index (χ0n) is 14.2. The Bertz CT molecular complexity index is 1140. The van der Waals surface area contributed by atoms with Crippen LogP contribution in [0.1, 0.15) is 15.9 Å². The first-order valence-corrected chi connectivity index (χ1v) is 9.56. The average molecular weight is 411 g/mol. The van der Waals surface area contributed by atoms with Gasteiger partial charge in [0.15, 0.2) is 9.84 Å². The van der Waals surface area contributed by atoms with Gasteiger partial charge in [-0.2, -0.15) is 13.2 Å². The second kappa shape index (κ2) is 7.08. The molecule has 7 nitrogen and oxygen atoms in total. The molecule has 0 atom stereocenters. The van der Waals surface area contributed by atoms with Crippen LogP contribution in [0.3, 0.4) is 0 Å². The Kier molecular flexibility index (Phi) is 4.94. The second-order valence-corrected chi connectivity index (χ2v) is 7.70. The summed E-state index contributed by atoms with van der Waals surface area (Å²) in [6, 6.07) is 9.32. The highest BCUT2D eigenvalue weighted by Gasteiger charge is 2.31. The number of amides is 1. The molecule has 146 valence electrons. The second-order valence-electron chi connectivity index (χ2n) is 5.71. The lowest BCUT2D eigenvalue weighted by Crippen LogP contribution is -2.14. The number of carbonyl (C=O) groups excluding carboxylic acids is 1. The number of rotatable bonds is 4. The predicted octanol–water partition coefficient (Wildman–Crippen LogP) is 3.41. The van der Waals surface area contributed by atoms with Crippen molar-refractivity contribution in [2.45, 2.75) is 11.1 Å². The fourth-order valence-corrected chi connectivity index (χ4v) is 3.24. The summed E-state index contributed by atoms with van der Waals surface area (Å²) in [6.07, 6.45) is -3.58. The summed E-state index contributed by atoms with van der Waals surface area (Å²) in [5.41, 5.74) is -1.10. The average Bonchev–Trinajstić information content (AvgIpc) is 3.09. The fraction of sp³-hybridized carbons (Fsp3) is 0.118. The number of benzene rings is 2. The van der Waals surface area contributed by atoms with E-state index in [1.807, 2.05) is 0 Å². The Balaban J connectivity index is 1.86. The van der Waals surface area contributed by atoms with Crippen LogP contribution in [0.4, 0.5) is 19.2 Å². The van der Waals surface area contributed by atoms with Gasteiger partial charge in [-0.05, 0) is 30.3 Å². The van der Waals surface area contributed by atoms with Gasteiger partial charge in [0.05, 0.1) is 16.0 Å². The Morgan fingerprint density at radius 1 is 1.07 bits per heavy atom. The number of sulfone groups is 1. The Labute approximate surface area is 157 Å². The molecule has 1 N–H and O–H groups in total. The molecular weight excluding hydrogens is 399 g/mol. The number of hydrogen-bond acceptors (Lipinski definition) is 6. The van der Waals surface area contributed by atoms with E-state index in [9.17, 15) is 26.4 Å². The summed E-state index contributed by atoms with van der Waals surface area (Å²) in [6.45, 7) is 0. The molecule has 0 saturated carbocycles. The molecule has 11 heteroatoms. The van der Waals surface area contributed by atoms with E-state index in [1.54, 1.807) is 6.07 Å². The Morgan fingerprint density at radius 2 is 1.79 bits per heavy atom. The molecule has 0 bridgehead atoms. The summed E-state index contributed by atoms with van der Waals surface area (Å²) in [5.74, 6) is -1.06. The molecule has 0 aliphatic carbocycles. The van der Waals surface area contributed by atoms with Gasteiger partial charge in [0.25, 0.3) is 11.8 Å². The fourth-order valence-electron chi connectivity index (χ4n) is 2.36. The van der Waals surface area contributed by atoms with Crippen molar-refractivity contribution in [3.05, 3.63) is 59.7 Å². The van der Waals surface area contributed by atoms with Crippen molar-refractivity contribution in [3.63, 3.8) is 0 Å². The van der Waals surface area contributed by atoms with Crippen LogP contribution in [0.25, 0.3) is 11.5 Å². The van der Waals surface area contributed by atoms with Crippen LogP contribution in [-0.2, 0) is 16.0 Å². The summed E-state index contributed by atoms with van der Waals surface area (Å²) >= 11 is 0. The lowest BCUT2D eigenvalue weighted by molar-refractivity contribution is -0.137. The molecule has 0 unspecified atom stereocenters. The smallest absolute Gasteiger partial charge is 0.403 e. The lowest BCUT2D eigenvalue weighted by atomic mass is 10.1. The molecule has 3 aromatic rings. The van der Waals surface area contributed by atoms with E-state index >= 15 is 0 Å². The van der Waals surface area contributed by atoms with E-state index in [1.165, 1.54) is 24.3 Å². The third kappa shape index (κ3) is 4.19. The van der Waals surface area contributed by atoms with E-state index in [2.05, 4.69) is 15.5 Å². The third-order valence-corrected chi connectivity index (χ3v) is 4.77. The molecule has 1 amide bonds. The van der Waals surface area contributed by atoms with Crippen molar-refractivity contribution in [2.75, 3.05) is 11.6 Å². The minimum absolute atomic E-state index is 0.0468. The highest BCUT2D eigenvalue weighted by molar-refractivity contribution is 7.90. The summed E-state index contributed by atoms with van der Waals surface area (Å²) in [4.78, 5) is 12.1. The SMILES string of the molecule is CS(=O)(=O)c1ccccc1-c1nnc(NC(=O)c2cccc(C(F)(F)F)c2)o1. The maximum absolute atomic E-state index is 12.8. The van der Waals surface area contributed by atoms with E-state index in [-0.39, 0.29) is 27.9 Å². The van der Waals surface area contributed by atoms with Gasteiger partial charge in [-0.25, -0.2) is 8.42 Å². The topological polar surface area (TPSA) is 102 Å². The van der Waals surface area contributed by atoms with Gasteiger partial charge in [-0.15, -0.1) is 5.10 Å². The van der Waals surface area contributed by atoms with Crippen LogP contribution in [-0.4, -0.2) is 30.8 Å². The minimum Gasteiger partial charge on any atom is -0.403 e. The molecule has 0 aliphatic rings. The van der Waals surface area contributed by atoms with Crippen molar-refractivity contribution in [3.8, 4) is 11.5 Å². The Morgan fingerprint density at radius 3 is 2.46 bits per heavy atom. The number of carbonyl (C=O) groups is 1. The van der Waals surface area contributed by atoms with Gasteiger partial charge in [-0.3, -0.25) is 10.1 Å². The monoisotopic (exact) mass is 411 g/mol. The maximum Gasteiger partial charge on any atom is 0.416 e. The van der Waals surface area contributed by atoms with Gasteiger partial charge in [0.2, 0.25) is 0 Å². The van der Waals surface area contributed by atoms with Crippen molar-refractivity contribution in [2.24, 2.45) is 0 Å². The number of halogens is 3. The maximum atomic E-state index is 12.8. The third-order valence-electron chi connectivity index (χ3n) is 3.61. The molecule has 1 aromatic heterocycles. The van der Waals surface area contributed by atoms with Crippen LogP contribution in [0.5, 0.6) is 0 Å². The first-order valence-electron chi connectivity index (χ1n) is 7.67. The molecule has 0 fully saturated rings. The predicted molar refractivity (Wildman–Crippen MR) is 92.2 cm³/mol. The van der Waals surface area contributed by atoms with Crippen molar-refractivity contribution >= 4 is 21.8 Å². The minimum atomic E-state index is -4.59. The van der Waals surface area contributed by atoms with Gasteiger partial charge >= 0.3 is 12.2 Å². The van der Waals surface area contributed by atoms with Crippen LogP contribution >= 0.6 is 0 Å². The molecule has 0 radical (unpaired) electrons. The molecule has 1 heterocycles. The van der Waals surface area contributed by atoms with E-state index in [0.29, 0.717) is 6.07 Å². The van der Waals surface area contributed by atoms with Crippen LogP contribution in [0.15, 0.2) is 57.8 Å². The summed E-state index contributed by atoms with van der Waals surface area (Å²) < 4.78 is 67.3. The van der Waals surface area contributed by atoms with E-state index in [4.69, 9.17) is 4.42 Å². The molecule has 28 heavy (non-hydrogen) atoms. The van der Waals surface area contributed by atoms with Crippen LogP contribution in [0, 0.1) is 0 Å². The largest absolute Gasteiger partial charge is 0.416 e. The number of nitrogens with one attached hydrogen (secondary N) is 1. The number of hydrogen-bond donors (Lipinski definition) is 1. The summed E-state index contributed by atoms with van der Waals surface area (Å²) in [5, 5.41) is 9.46. The molecule has 2 aromatic carbocycles. The van der Waals surface area contributed by atoms with E-state index < -0.39 is 27.5 Å². The zero-order chi connectivity index (χ0) is 20.5. The first kappa shape index (κ1) is 19.5. The van der Waals surface area contributed by atoms with Crippen LogP contribution in [0.2, 0.25) is 0 Å². The van der Waals surface area contributed by atoms with Crippen LogP contribution < -0.4 is 5.32 Å². The highest BCUT2D eigenvalue weighted by Crippen LogP contribution is 2.30. The van der Waals surface area contributed by atoms with Crippen molar-refractivity contribution < 1.29 is 30.8 Å². The molecule has 3 rings (SSSR count). The molecule has 0 aliphatic heterocycles. The number of anilines is 1. The Hall–Kier alpha value is -3.21. The number of nitrogens with zero attached hydrogens (tertiary/aromatic N) is 2. The quantitative estimate of drug-likeness (QED) is 0.706. The first-order chi connectivity index (χ1) is 13.1.